The number of carbonyl (C=O) groups is 1. The van der Waals surface area contributed by atoms with Gasteiger partial charge in [-0.3, -0.25) is 4.79 Å². The van der Waals surface area contributed by atoms with Gasteiger partial charge in [-0.25, -0.2) is 0 Å². The molecule has 1 aromatic rings. The van der Waals surface area contributed by atoms with Crippen molar-refractivity contribution in [1.29, 1.82) is 0 Å². The molecule has 0 spiro atoms. The predicted molar refractivity (Wildman–Crippen MR) is 77.0 cm³/mol. The third kappa shape index (κ3) is 4.31. The Morgan fingerprint density at radius 2 is 2.22 bits per heavy atom. The summed E-state index contributed by atoms with van der Waals surface area (Å²) in [6, 6.07) is 5.48. The van der Waals surface area contributed by atoms with E-state index >= 15 is 0 Å². The summed E-state index contributed by atoms with van der Waals surface area (Å²) in [5, 5.41) is 6.03. The van der Waals surface area contributed by atoms with Crippen molar-refractivity contribution in [3.63, 3.8) is 0 Å². The van der Waals surface area contributed by atoms with Crippen molar-refractivity contribution in [3.8, 4) is 5.75 Å². The topological polar surface area (TPSA) is 50.4 Å². The Labute approximate surface area is 116 Å². The molecule has 100 valence electrons. The molecule has 0 heterocycles. The number of nitrogens with one attached hydrogen (secondary N) is 2. The molecule has 0 aliphatic rings. The van der Waals surface area contributed by atoms with Crippen molar-refractivity contribution in [3.05, 3.63) is 22.7 Å². The Kier molecular flexibility index (Phi) is 6.15. The first kappa shape index (κ1) is 15.0. The zero-order valence-corrected chi connectivity index (χ0v) is 12.5. The standard InChI is InChI=1S/C13H19BrN2O2/c1-4-15-8-9(2)13(17)16-10-5-6-11(14)12(7-10)18-3/h5-7,9,15H,4,8H2,1-3H3,(H,16,17). The van der Waals surface area contributed by atoms with Crippen LogP contribution in [0.5, 0.6) is 5.75 Å². The second-order valence-electron chi connectivity index (χ2n) is 4.05. The Morgan fingerprint density at radius 3 is 2.83 bits per heavy atom. The van der Waals surface area contributed by atoms with Gasteiger partial charge in [-0.1, -0.05) is 13.8 Å². The van der Waals surface area contributed by atoms with Crippen molar-refractivity contribution in [2.45, 2.75) is 13.8 Å². The highest BCUT2D eigenvalue weighted by molar-refractivity contribution is 9.10. The summed E-state index contributed by atoms with van der Waals surface area (Å²) in [5.74, 6) is 0.632. The zero-order chi connectivity index (χ0) is 13.5. The number of carbonyl (C=O) groups excluding carboxylic acids is 1. The first-order chi connectivity index (χ1) is 8.58. The van der Waals surface area contributed by atoms with Crippen LogP contribution in [0.2, 0.25) is 0 Å². The van der Waals surface area contributed by atoms with Crippen molar-refractivity contribution in [2.75, 3.05) is 25.5 Å². The van der Waals surface area contributed by atoms with E-state index in [0.717, 1.165) is 16.7 Å². The minimum absolute atomic E-state index is 0.000301. The van der Waals surface area contributed by atoms with Gasteiger partial charge in [-0.15, -0.1) is 0 Å². The highest BCUT2D eigenvalue weighted by Crippen LogP contribution is 2.27. The molecule has 2 N–H and O–H groups in total. The van der Waals surface area contributed by atoms with E-state index in [9.17, 15) is 4.79 Å². The van der Waals surface area contributed by atoms with Crippen LogP contribution in [0.4, 0.5) is 5.69 Å². The van der Waals surface area contributed by atoms with Gasteiger partial charge in [0.2, 0.25) is 5.91 Å². The number of benzene rings is 1. The van der Waals surface area contributed by atoms with Crippen molar-refractivity contribution in [1.82, 2.24) is 5.32 Å². The molecule has 0 saturated carbocycles. The van der Waals surface area contributed by atoms with Gasteiger partial charge in [0.15, 0.2) is 0 Å². The number of rotatable bonds is 6. The van der Waals surface area contributed by atoms with Crippen LogP contribution < -0.4 is 15.4 Å². The molecule has 18 heavy (non-hydrogen) atoms. The molecule has 0 saturated heterocycles. The maximum atomic E-state index is 11.9. The minimum atomic E-state index is -0.0698. The lowest BCUT2D eigenvalue weighted by Crippen LogP contribution is -2.30. The van der Waals surface area contributed by atoms with E-state index in [-0.39, 0.29) is 11.8 Å². The first-order valence-corrected chi connectivity index (χ1v) is 6.72. The van der Waals surface area contributed by atoms with E-state index in [2.05, 4.69) is 26.6 Å². The number of ether oxygens (including phenoxy) is 1. The van der Waals surface area contributed by atoms with E-state index in [0.29, 0.717) is 12.3 Å². The van der Waals surface area contributed by atoms with Crippen LogP contribution in [0.15, 0.2) is 22.7 Å². The summed E-state index contributed by atoms with van der Waals surface area (Å²) in [4.78, 5) is 11.9. The van der Waals surface area contributed by atoms with Gasteiger partial charge < -0.3 is 15.4 Å². The Balaban J connectivity index is 2.64. The lowest BCUT2D eigenvalue weighted by molar-refractivity contribution is -0.119. The number of methoxy groups -OCH3 is 1. The van der Waals surface area contributed by atoms with E-state index in [1.807, 2.05) is 26.0 Å². The summed E-state index contributed by atoms with van der Waals surface area (Å²) in [6.45, 7) is 5.46. The number of anilines is 1. The van der Waals surface area contributed by atoms with Gasteiger partial charge in [-0.2, -0.15) is 0 Å². The highest BCUT2D eigenvalue weighted by Gasteiger charge is 2.13. The van der Waals surface area contributed by atoms with E-state index in [1.54, 1.807) is 13.2 Å². The van der Waals surface area contributed by atoms with Crippen LogP contribution >= 0.6 is 15.9 Å². The van der Waals surface area contributed by atoms with Crippen LogP contribution in [0.25, 0.3) is 0 Å². The molecule has 5 heteroatoms. The fraction of sp³-hybridized carbons (Fsp3) is 0.462. The van der Waals surface area contributed by atoms with Crippen LogP contribution in [0.3, 0.4) is 0 Å². The van der Waals surface area contributed by atoms with Gasteiger partial charge in [0.05, 0.1) is 11.6 Å². The summed E-state index contributed by atoms with van der Waals surface area (Å²) in [5.41, 5.74) is 0.739. The maximum absolute atomic E-state index is 11.9. The molecule has 0 bridgehead atoms. The molecular weight excluding hydrogens is 296 g/mol. The monoisotopic (exact) mass is 314 g/mol. The Bertz CT molecular complexity index is 410. The van der Waals surface area contributed by atoms with Gasteiger partial charge in [0.1, 0.15) is 5.75 Å². The Hall–Kier alpha value is -1.07. The zero-order valence-electron chi connectivity index (χ0n) is 10.9. The molecule has 1 aromatic carbocycles. The molecule has 1 amide bonds. The summed E-state index contributed by atoms with van der Waals surface area (Å²) in [7, 11) is 1.60. The van der Waals surface area contributed by atoms with E-state index < -0.39 is 0 Å². The van der Waals surface area contributed by atoms with E-state index in [1.165, 1.54) is 0 Å². The molecule has 0 aliphatic carbocycles. The first-order valence-electron chi connectivity index (χ1n) is 5.93. The lowest BCUT2D eigenvalue weighted by Gasteiger charge is -2.13. The fourth-order valence-electron chi connectivity index (χ4n) is 1.46. The van der Waals surface area contributed by atoms with Crippen LogP contribution in [0, 0.1) is 5.92 Å². The number of hydrogen-bond donors (Lipinski definition) is 2. The van der Waals surface area contributed by atoms with Gasteiger partial charge >= 0.3 is 0 Å². The quantitative estimate of drug-likeness (QED) is 0.848. The van der Waals surface area contributed by atoms with E-state index in [4.69, 9.17) is 4.74 Å². The number of halogens is 1. The highest BCUT2D eigenvalue weighted by atomic mass is 79.9. The third-order valence-electron chi connectivity index (χ3n) is 2.57. The van der Waals surface area contributed by atoms with Crippen molar-refractivity contribution >= 4 is 27.5 Å². The lowest BCUT2D eigenvalue weighted by atomic mass is 10.1. The summed E-state index contributed by atoms with van der Waals surface area (Å²) >= 11 is 3.37. The average molecular weight is 315 g/mol. The average Bonchev–Trinajstić information content (AvgIpc) is 2.37. The molecule has 0 radical (unpaired) electrons. The smallest absolute Gasteiger partial charge is 0.228 e. The maximum Gasteiger partial charge on any atom is 0.228 e. The molecule has 1 rings (SSSR count). The molecule has 1 unspecified atom stereocenters. The number of amides is 1. The normalized spacial score (nSPS) is 12.0. The largest absolute Gasteiger partial charge is 0.495 e. The van der Waals surface area contributed by atoms with Crippen molar-refractivity contribution < 1.29 is 9.53 Å². The molecular formula is C13H19BrN2O2. The van der Waals surface area contributed by atoms with Gasteiger partial charge in [0, 0.05) is 24.2 Å². The number of hydrogen-bond acceptors (Lipinski definition) is 3. The van der Waals surface area contributed by atoms with Crippen LogP contribution in [-0.2, 0) is 4.79 Å². The summed E-state index contributed by atoms with van der Waals surface area (Å²) < 4.78 is 6.05. The van der Waals surface area contributed by atoms with Crippen LogP contribution in [0.1, 0.15) is 13.8 Å². The minimum Gasteiger partial charge on any atom is -0.495 e. The SMILES string of the molecule is CCNCC(C)C(=O)Nc1ccc(Br)c(OC)c1. The molecule has 0 aromatic heterocycles. The van der Waals surface area contributed by atoms with Gasteiger partial charge in [-0.05, 0) is 34.6 Å². The van der Waals surface area contributed by atoms with Crippen molar-refractivity contribution in [2.24, 2.45) is 5.92 Å². The summed E-state index contributed by atoms with van der Waals surface area (Å²) in [6.07, 6.45) is 0. The molecule has 0 aliphatic heterocycles. The second-order valence-corrected chi connectivity index (χ2v) is 4.90. The van der Waals surface area contributed by atoms with Crippen LogP contribution in [-0.4, -0.2) is 26.1 Å². The third-order valence-corrected chi connectivity index (χ3v) is 3.22. The molecule has 1 atom stereocenters. The fourth-order valence-corrected chi connectivity index (χ4v) is 1.87. The second kappa shape index (κ2) is 7.38. The molecule has 4 nitrogen and oxygen atoms in total. The van der Waals surface area contributed by atoms with Gasteiger partial charge in [0.25, 0.3) is 0 Å². The molecule has 0 fully saturated rings. The predicted octanol–water partition coefficient (Wildman–Crippen LogP) is 2.64. The Morgan fingerprint density at radius 1 is 1.50 bits per heavy atom.